The summed E-state index contributed by atoms with van der Waals surface area (Å²) in [6.45, 7) is 0.947. The molecule has 0 aliphatic carbocycles. The van der Waals surface area contributed by atoms with E-state index in [-0.39, 0.29) is 11.4 Å². The van der Waals surface area contributed by atoms with Crippen LogP contribution < -0.4 is 5.32 Å². The fraction of sp³-hybridized carbons (Fsp3) is 0.0833. The molecule has 4 nitrogen and oxygen atoms in total. The Balaban J connectivity index is 1.63. The van der Waals surface area contributed by atoms with Gasteiger partial charge in [0.2, 0.25) is 0 Å². The molecule has 2 aromatic carbocycles. The molecule has 0 bridgehead atoms. The van der Waals surface area contributed by atoms with E-state index in [4.69, 9.17) is 0 Å². The Morgan fingerprint density at radius 1 is 1.13 bits per heavy atom. The Morgan fingerprint density at radius 3 is 2.67 bits per heavy atom. The molecule has 2 aromatic heterocycles. The average molecular weight is 415 g/mol. The number of hydrogen-bond acceptors (Lipinski definition) is 3. The number of fused-ring (bicyclic) bond motifs is 1. The van der Waals surface area contributed by atoms with Crippen molar-refractivity contribution in [1.82, 2.24) is 9.88 Å². The van der Waals surface area contributed by atoms with E-state index in [1.165, 1.54) is 12.1 Å². The van der Waals surface area contributed by atoms with Crippen LogP contribution in [0.3, 0.4) is 0 Å². The van der Waals surface area contributed by atoms with Crippen LogP contribution in [0, 0.1) is 17.1 Å². The first-order valence-corrected chi connectivity index (χ1v) is 10.3. The number of thiophene rings is 1. The summed E-state index contributed by atoms with van der Waals surface area (Å²) in [4.78, 5) is 13.5. The van der Waals surface area contributed by atoms with Crippen LogP contribution in [0.1, 0.15) is 16.0 Å². The quantitative estimate of drug-likeness (QED) is 0.351. The van der Waals surface area contributed by atoms with Gasteiger partial charge in [0.15, 0.2) is 0 Å². The van der Waals surface area contributed by atoms with Gasteiger partial charge in [-0.25, -0.2) is 4.39 Å². The lowest BCUT2D eigenvalue weighted by Crippen LogP contribution is -2.23. The van der Waals surface area contributed by atoms with E-state index in [2.05, 4.69) is 5.32 Å². The summed E-state index contributed by atoms with van der Waals surface area (Å²) in [7, 11) is 0. The second-order valence-electron chi connectivity index (χ2n) is 6.79. The second-order valence-corrected chi connectivity index (χ2v) is 7.82. The van der Waals surface area contributed by atoms with Crippen molar-refractivity contribution in [2.75, 3.05) is 0 Å². The largest absolute Gasteiger partial charge is 0.347 e. The molecule has 4 rings (SSSR count). The van der Waals surface area contributed by atoms with Crippen molar-refractivity contribution in [1.29, 1.82) is 5.26 Å². The SMILES string of the molecule is N#C/C(=C\c1cn(Cc2ccc(F)cc2)c2ccccc12)C(=O)NCc1cccs1. The summed E-state index contributed by atoms with van der Waals surface area (Å²) in [6.07, 6.45) is 3.53. The molecule has 1 N–H and O–H groups in total. The number of nitriles is 1. The third-order valence-corrected chi connectivity index (χ3v) is 5.63. The van der Waals surface area contributed by atoms with Crippen molar-refractivity contribution >= 4 is 34.2 Å². The Bertz CT molecular complexity index is 1250. The maximum absolute atomic E-state index is 13.2. The van der Waals surface area contributed by atoms with E-state index >= 15 is 0 Å². The number of para-hydroxylation sites is 1. The number of rotatable bonds is 6. The van der Waals surface area contributed by atoms with Crippen LogP contribution >= 0.6 is 11.3 Å². The van der Waals surface area contributed by atoms with E-state index in [0.29, 0.717) is 13.1 Å². The minimum Gasteiger partial charge on any atom is -0.347 e. The Morgan fingerprint density at radius 2 is 1.93 bits per heavy atom. The zero-order valence-electron chi connectivity index (χ0n) is 16.0. The van der Waals surface area contributed by atoms with Crippen LogP contribution in [0.15, 0.2) is 77.8 Å². The molecule has 0 saturated carbocycles. The van der Waals surface area contributed by atoms with Crippen molar-refractivity contribution < 1.29 is 9.18 Å². The molecule has 6 heteroatoms. The molecular formula is C24H18FN3OS. The molecular weight excluding hydrogens is 397 g/mol. The zero-order chi connectivity index (χ0) is 20.9. The number of nitrogens with one attached hydrogen (secondary N) is 1. The third kappa shape index (κ3) is 4.32. The molecule has 0 aliphatic rings. The first-order chi connectivity index (χ1) is 14.6. The highest BCUT2D eigenvalue weighted by atomic mass is 32.1. The highest BCUT2D eigenvalue weighted by molar-refractivity contribution is 7.09. The molecule has 0 saturated heterocycles. The van der Waals surface area contributed by atoms with Crippen LogP contribution in [-0.4, -0.2) is 10.5 Å². The Kier molecular flexibility index (Phi) is 5.73. The normalized spacial score (nSPS) is 11.4. The lowest BCUT2D eigenvalue weighted by atomic mass is 10.1. The van der Waals surface area contributed by atoms with Crippen LogP contribution in [0.25, 0.3) is 17.0 Å². The van der Waals surface area contributed by atoms with Crippen molar-refractivity contribution in [2.24, 2.45) is 0 Å². The Hall–Kier alpha value is -3.69. The highest BCUT2D eigenvalue weighted by Crippen LogP contribution is 2.25. The van der Waals surface area contributed by atoms with E-state index in [9.17, 15) is 14.4 Å². The van der Waals surface area contributed by atoms with Gasteiger partial charge in [0.05, 0.1) is 6.54 Å². The van der Waals surface area contributed by atoms with Gasteiger partial charge in [-0.1, -0.05) is 36.4 Å². The van der Waals surface area contributed by atoms with Gasteiger partial charge in [-0.2, -0.15) is 5.26 Å². The molecule has 0 spiro atoms. The van der Waals surface area contributed by atoms with Crippen molar-refractivity contribution in [2.45, 2.75) is 13.1 Å². The fourth-order valence-corrected chi connectivity index (χ4v) is 3.93. The summed E-state index contributed by atoms with van der Waals surface area (Å²) >= 11 is 1.55. The van der Waals surface area contributed by atoms with Crippen LogP contribution in [-0.2, 0) is 17.9 Å². The second kappa shape index (κ2) is 8.76. The fourth-order valence-electron chi connectivity index (χ4n) is 3.29. The van der Waals surface area contributed by atoms with E-state index in [0.717, 1.165) is 26.9 Å². The van der Waals surface area contributed by atoms with E-state index in [1.807, 2.05) is 58.6 Å². The lowest BCUT2D eigenvalue weighted by molar-refractivity contribution is -0.117. The van der Waals surface area contributed by atoms with Gasteiger partial charge in [-0.05, 0) is 41.3 Å². The average Bonchev–Trinajstić information content (AvgIpc) is 3.40. The number of amides is 1. The van der Waals surface area contributed by atoms with Crippen LogP contribution in [0.2, 0.25) is 0 Å². The topological polar surface area (TPSA) is 57.8 Å². The number of hydrogen-bond donors (Lipinski definition) is 1. The van der Waals surface area contributed by atoms with Crippen molar-refractivity contribution in [3.05, 3.63) is 99.6 Å². The number of halogens is 1. The summed E-state index contributed by atoms with van der Waals surface area (Å²) in [5.74, 6) is -0.673. The van der Waals surface area contributed by atoms with Crippen molar-refractivity contribution in [3.63, 3.8) is 0 Å². The molecule has 2 heterocycles. The maximum atomic E-state index is 13.2. The molecule has 0 fully saturated rings. The first-order valence-electron chi connectivity index (χ1n) is 9.39. The van der Waals surface area contributed by atoms with Gasteiger partial charge in [0, 0.05) is 34.1 Å². The number of benzene rings is 2. The maximum Gasteiger partial charge on any atom is 0.262 e. The molecule has 30 heavy (non-hydrogen) atoms. The highest BCUT2D eigenvalue weighted by Gasteiger charge is 2.13. The molecule has 1 amide bonds. The van der Waals surface area contributed by atoms with E-state index < -0.39 is 5.91 Å². The molecule has 0 aliphatic heterocycles. The third-order valence-electron chi connectivity index (χ3n) is 4.75. The standard InChI is InChI=1S/C24H18FN3OS/c25-20-9-7-17(8-10-20)15-28-16-19(22-5-1-2-6-23(22)28)12-18(13-26)24(29)27-14-21-4-3-11-30-21/h1-12,16H,14-15H2,(H,27,29)/b18-12+. The summed E-state index contributed by atoms with van der Waals surface area (Å²) in [5, 5.41) is 15.2. The van der Waals surface area contributed by atoms with Crippen LogP contribution in [0.4, 0.5) is 4.39 Å². The summed E-state index contributed by atoms with van der Waals surface area (Å²) in [6, 6.07) is 20.0. The smallest absolute Gasteiger partial charge is 0.262 e. The molecule has 148 valence electrons. The van der Waals surface area contributed by atoms with Gasteiger partial charge in [0.1, 0.15) is 17.5 Å². The molecule has 0 radical (unpaired) electrons. The predicted molar refractivity (Wildman–Crippen MR) is 117 cm³/mol. The van der Waals surface area contributed by atoms with Gasteiger partial charge in [-0.3, -0.25) is 4.79 Å². The summed E-state index contributed by atoms with van der Waals surface area (Å²) < 4.78 is 15.2. The summed E-state index contributed by atoms with van der Waals surface area (Å²) in [5.41, 5.74) is 2.78. The predicted octanol–water partition coefficient (Wildman–Crippen LogP) is 5.11. The minimum absolute atomic E-state index is 0.0521. The Labute approximate surface area is 177 Å². The minimum atomic E-state index is -0.402. The molecule has 0 atom stereocenters. The van der Waals surface area contributed by atoms with Gasteiger partial charge in [0.25, 0.3) is 5.91 Å². The van der Waals surface area contributed by atoms with Crippen LogP contribution in [0.5, 0.6) is 0 Å². The number of carbonyl (C=O) groups excluding carboxylic acids is 1. The van der Waals surface area contributed by atoms with Gasteiger partial charge in [-0.15, -0.1) is 11.3 Å². The number of aromatic nitrogens is 1. The number of nitrogens with zero attached hydrogens (tertiary/aromatic N) is 2. The first kappa shape index (κ1) is 19.6. The monoisotopic (exact) mass is 415 g/mol. The van der Waals surface area contributed by atoms with Crippen molar-refractivity contribution in [3.8, 4) is 6.07 Å². The molecule has 4 aromatic rings. The van der Waals surface area contributed by atoms with Gasteiger partial charge < -0.3 is 9.88 Å². The number of carbonyl (C=O) groups is 1. The van der Waals surface area contributed by atoms with Gasteiger partial charge >= 0.3 is 0 Å². The zero-order valence-corrected chi connectivity index (χ0v) is 16.8. The van der Waals surface area contributed by atoms with E-state index in [1.54, 1.807) is 29.5 Å². The molecule has 0 unspecified atom stereocenters. The lowest BCUT2D eigenvalue weighted by Gasteiger charge is -2.05.